The first-order valence-electron chi connectivity index (χ1n) is 14.4. The molecule has 0 fully saturated rings. The smallest absolute Gasteiger partial charge is 0.343 e. The molecule has 0 heterocycles. The van der Waals surface area contributed by atoms with E-state index in [0.717, 1.165) is 16.7 Å². The molecule has 0 atom stereocenters. The van der Waals surface area contributed by atoms with Crippen molar-refractivity contribution in [1.82, 2.24) is 0 Å². The van der Waals surface area contributed by atoms with Gasteiger partial charge in [0.05, 0.1) is 9.13 Å². The Morgan fingerprint density at radius 1 is 0.660 bits per heavy atom. The fourth-order valence-corrected chi connectivity index (χ4v) is 6.02. The fraction of sp³-hybridized carbons (Fsp3) is 0.0513. The Morgan fingerprint density at radius 2 is 1.28 bits per heavy atom. The minimum Gasteiger partial charge on any atom is -0.423 e. The molecule has 0 radical (unpaired) electrons. The lowest BCUT2D eigenvalue weighted by Crippen LogP contribution is -2.10. The Balaban J connectivity index is 1.15. The van der Waals surface area contributed by atoms with Crippen molar-refractivity contribution in [2.75, 3.05) is 0 Å². The van der Waals surface area contributed by atoms with Gasteiger partial charge in [0.1, 0.15) is 17.2 Å². The predicted molar refractivity (Wildman–Crippen MR) is 200 cm³/mol. The molecule has 0 N–H and O–H groups in total. The zero-order valence-corrected chi connectivity index (χ0v) is 29.8. The van der Waals surface area contributed by atoms with E-state index in [1.165, 1.54) is 50.6 Å². The second-order valence-corrected chi connectivity index (χ2v) is 12.9. The summed E-state index contributed by atoms with van der Waals surface area (Å²) in [4.78, 5) is 36.8. The van der Waals surface area contributed by atoms with Crippen LogP contribution in [0.5, 0.6) is 17.2 Å². The largest absolute Gasteiger partial charge is 0.423 e. The maximum absolute atomic E-state index is 12.6. The van der Waals surface area contributed by atoms with E-state index < -0.39 is 17.9 Å². The number of hydrogen-bond acceptors (Lipinski definition) is 6. The molecule has 234 valence electrons. The van der Waals surface area contributed by atoms with E-state index >= 15 is 0 Å². The van der Waals surface area contributed by atoms with E-state index in [1.54, 1.807) is 31.2 Å². The molecule has 0 spiro atoms. The maximum atomic E-state index is 12.6. The second kappa shape index (κ2) is 15.4. The van der Waals surface area contributed by atoms with Crippen LogP contribution in [0.3, 0.4) is 0 Å². The van der Waals surface area contributed by atoms with Gasteiger partial charge >= 0.3 is 17.9 Å². The summed E-state index contributed by atoms with van der Waals surface area (Å²) < 4.78 is 17.9. The highest BCUT2D eigenvalue weighted by molar-refractivity contribution is 14.1. The molecule has 5 aromatic rings. The lowest BCUT2D eigenvalue weighted by molar-refractivity contribution is -0.130. The highest BCUT2D eigenvalue weighted by atomic mass is 127. The fourth-order valence-electron chi connectivity index (χ4n) is 4.44. The van der Waals surface area contributed by atoms with Gasteiger partial charge in [-0.2, -0.15) is 0 Å². The Hall–Kier alpha value is -4.55. The minimum atomic E-state index is -0.591. The summed E-state index contributed by atoms with van der Waals surface area (Å²) in [6.07, 6.45) is 3.07. The molecule has 47 heavy (non-hydrogen) atoms. The van der Waals surface area contributed by atoms with Crippen LogP contribution in [0.1, 0.15) is 28.4 Å². The highest BCUT2D eigenvalue weighted by Crippen LogP contribution is 2.30. The molecule has 0 aliphatic rings. The molecular formula is C39H28I2O6. The second-order valence-electron chi connectivity index (χ2n) is 10.6. The number of benzene rings is 5. The van der Waals surface area contributed by atoms with E-state index in [4.69, 9.17) is 14.2 Å². The first kappa shape index (κ1) is 33.8. The average Bonchev–Trinajstić information content (AvgIpc) is 3.06. The molecule has 0 unspecified atom stereocenters. The quantitative estimate of drug-likeness (QED) is 0.0637. The highest BCUT2D eigenvalue weighted by Gasteiger charge is 2.13. The molecule has 8 heteroatoms. The van der Waals surface area contributed by atoms with Gasteiger partial charge in [-0.25, -0.2) is 14.4 Å². The SMILES string of the molecule is C=C(C)C(=O)Oc1ccc(C(=O)Oc2ccc(OC(=O)/C=C/c3ccc(-c4ccc(-c5ccc(C)cc5I)cc4)cc3)c(I)c2)cc1. The van der Waals surface area contributed by atoms with Crippen LogP contribution in [0.2, 0.25) is 0 Å². The van der Waals surface area contributed by atoms with E-state index in [-0.39, 0.29) is 22.6 Å². The van der Waals surface area contributed by atoms with Gasteiger partial charge in [0, 0.05) is 15.2 Å². The Labute approximate surface area is 300 Å². The van der Waals surface area contributed by atoms with Crippen molar-refractivity contribution in [2.45, 2.75) is 13.8 Å². The summed E-state index contributed by atoms with van der Waals surface area (Å²) in [7, 11) is 0. The Bertz CT molecular complexity index is 1990. The lowest BCUT2D eigenvalue weighted by atomic mass is 9.99. The van der Waals surface area contributed by atoms with Gasteiger partial charge in [-0.05, 0) is 141 Å². The molecule has 0 saturated carbocycles. The third-order valence-corrected chi connectivity index (χ3v) is 8.69. The number of ether oxygens (including phenoxy) is 3. The molecule has 0 aliphatic carbocycles. The average molecular weight is 846 g/mol. The number of halogens is 2. The molecule has 5 rings (SSSR count). The van der Waals surface area contributed by atoms with Gasteiger partial charge in [-0.3, -0.25) is 0 Å². The van der Waals surface area contributed by atoms with Crippen molar-refractivity contribution < 1.29 is 28.6 Å². The van der Waals surface area contributed by atoms with Crippen LogP contribution in [0.15, 0.2) is 127 Å². The standard InChI is InChI=1S/C39H28I2O6/c1-24(2)38(43)45-31-16-14-30(15-17-31)39(44)46-32-18-20-36(35(41)23-32)47-37(42)21-7-26-5-8-27(9-6-26)28-10-12-29(13-11-28)33-19-4-25(3)22-34(33)40/h4-23H,1H2,2-3H3/b21-7+. The van der Waals surface area contributed by atoms with E-state index in [0.29, 0.717) is 9.32 Å². The van der Waals surface area contributed by atoms with Crippen LogP contribution in [0, 0.1) is 14.1 Å². The van der Waals surface area contributed by atoms with Gasteiger partial charge in [0.15, 0.2) is 0 Å². The van der Waals surface area contributed by atoms with Gasteiger partial charge in [0.25, 0.3) is 0 Å². The van der Waals surface area contributed by atoms with Crippen LogP contribution in [0.25, 0.3) is 28.3 Å². The van der Waals surface area contributed by atoms with Crippen LogP contribution >= 0.6 is 45.2 Å². The van der Waals surface area contributed by atoms with Crippen LogP contribution in [-0.2, 0) is 9.59 Å². The van der Waals surface area contributed by atoms with E-state index in [9.17, 15) is 14.4 Å². The molecule has 0 amide bonds. The van der Waals surface area contributed by atoms with E-state index in [1.807, 2.05) is 46.9 Å². The van der Waals surface area contributed by atoms with Crippen molar-refractivity contribution in [3.8, 4) is 39.5 Å². The normalized spacial score (nSPS) is 10.8. The van der Waals surface area contributed by atoms with Gasteiger partial charge in [-0.15, -0.1) is 0 Å². The first-order valence-corrected chi connectivity index (χ1v) is 16.6. The van der Waals surface area contributed by atoms with Crippen LogP contribution < -0.4 is 14.2 Å². The Kier molecular flexibility index (Phi) is 11.0. The number of aryl methyl sites for hydroxylation is 1. The summed E-state index contributed by atoms with van der Waals surface area (Å²) in [5, 5.41) is 0. The van der Waals surface area contributed by atoms with Gasteiger partial charge in [-0.1, -0.05) is 72.8 Å². The number of esters is 3. The molecule has 6 nitrogen and oxygen atoms in total. The van der Waals surface area contributed by atoms with Crippen molar-refractivity contribution >= 4 is 69.2 Å². The van der Waals surface area contributed by atoms with Crippen LogP contribution in [-0.4, -0.2) is 17.9 Å². The summed E-state index contributed by atoms with van der Waals surface area (Å²) in [6, 6.07) is 33.6. The van der Waals surface area contributed by atoms with Gasteiger partial charge in [0.2, 0.25) is 0 Å². The molecule has 0 aromatic heterocycles. The van der Waals surface area contributed by atoms with Crippen molar-refractivity contribution in [2.24, 2.45) is 0 Å². The number of carbonyl (C=O) groups is 3. The lowest BCUT2D eigenvalue weighted by Gasteiger charge is -2.09. The monoisotopic (exact) mass is 846 g/mol. The number of carbonyl (C=O) groups excluding carboxylic acids is 3. The van der Waals surface area contributed by atoms with Crippen LogP contribution in [0.4, 0.5) is 0 Å². The zero-order chi connectivity index (χ0) is 33.5. The van der Waals surface area contributed by atoms with Crippen molar-refractivity contribution in [1.29, 1.82) is 0 Å². The Morgan fingerprint density at radius 3 is 1.89 bits per heavy atom. The first-order chi connectivity index (χ1) is 22.5. The molecule has 0 saturated heterocycles. The number of hydrogen-bond donors (Lipinski definition) is 0. The van der Waals surface area contributed by atoms with Crippen molar-refractivity contribution in [3.63, 3.8) is 0 Å². The topological polar surface area (TPSA) is 78.9 Å². The number of rotatable bonds is 9. The third-order valence-electron chi connectivity index (χ3n) is 6.95. The molecule has 0 bridgehead atoms. The third kappa shape index (κ3) is 9.05. The van der Waals surface area contributed by atoms with Crippen molar-refractivity contribution in [3.05, 3.63) is 151 Å². The van der Waals surface area contributed by atoms with Gasteiger partial charge < -0.3 is 14.2 Å². The summed E-state index contributed by atoms with van der Waals surface area (Å²) in [5.74, 6) is -0.769. The predicted octanol–water partition coefficient (Wildman–Crippen LogP) is 9.86. The zero-order valence-electron chi connectivity index (χ0n) is 25.5. The maximum Gasteiger partial charge on any atom is 0.343 e. The molecular weight excluding hydrogens is 818 g/mol. The summed E-state index contributed by atoms with van der Waals surface area (Å²) >= 11 is 4.39. The van der Waals surface area contributed by atoms with E-state index in [2.05, 4.69) is 78.6 Å². The molecule has 0 aliphatic heterocycles. The molecule has 5 aromatic carbocycles. The summed E-state index contributed by atoms with van der Waals surface area (Å²) in [6.45, 7) is 7.18. The summed E-state index contributed by atoms with van der Waals surface area (Å²) in [5.41, 5.74) is 7.21. The minimum absolute atomic E-state index is 0.269.